The molecule has 0 aliphatic rings. The molecule has 0 bridgehead atoms. The zero-order chi connectivity index (χ0) is 7.40. The van der Waals surface area contributed by atoms with Gasteiger partial charge in [0.05, 0.1) is 5.69 Å². The number of hydrogen-bond acceptors (Lipinski definition) is 2. The molecule has 62 valence electrons. The van der Waals surface area contributed by atoms with Crippen LogP contribution in [0, 0.1) is 0 Å². The molecule has 0 amide bonds. The Kier molecular flexibility index (Phi) is 4.49. The van der Waals surface area contributed by atoms with E-state index in [4.69, 9.17) is 0 Å². The van der Waals surface area contributed by atoms with Gasteiger partial charge in [0.15, 0.2) is 0 Å². The van der Waals surface area contributed by atoms with Gasteiger partial charge >= 0.3 is 0 Å². The number of benzene rings is 1. The predicted octanol–water partition coefficient (Wildman–Crippen LogP) is 2.19. The van der Waals surface area contributed by atoms with Gasteiger partial charge in [0.25, 0.3) is 0 Å². The van der Waals surface area contributed by atoms with E-state index in [1.807, 2.05) is 0 Å². The maximum absolute atomic E-state index is 12.2. The van der Waals surface area contributed by atoms with Crippen molar-refractivity contribution in [2.75, 3.05) is 5.23 Å². The zero-order valence-electron chi connectivity index (χ0n) is 5.50. The first-order valence-corrected chi connectivity index (χ1v) is 2.72. The number of hydrogen-bond donors (Lipinski definition) is 1. The number of anilines is 1. The van der Waals surface area contributed by atoms with Crippen LogP contribution >= 0.6 is 12.4 Å². The maximum Gasteiger partial charge on any atom is 0.0901 e. The van der Waals surface area contributed by atoms with Crippen LogP contribution in [0.3, 0.4) is 0 Å². The third kappa shape index (κ3) is 2.69. The Morgan fingerprint density at radius 1 is 1.18 bits per heavy atom. The standard InChI is InChI=1S/C6H6F2N2.ClH/c7-9-10(8)6-4-2-1-3-5-6;/h1-5,9H;1H. The molecule has 0 aliphatic heterocycles. The van der Waals surface area contributed by atoms with Gasteiger partial charge in [-0.1, -0.05) is 22.7 Å². The van der Waals surface area contributed by atoms with Gasteiger partial charge in [-0.25, -0.2) is 0 Å². The Bertz CT molecular complexity index is 195. The fourth-order valence-electron chi connectivity index (χ4n) is 0.608. The van der Waals surface area contributed by atoms with Crippen LogP contribution in [-0.4, -0.2) is 0 Å². The third-order valence-corrected chi connectivity index (χ3v) is 1.06. The van der Waals surface area contributed by atoms with Crippen LogP contribution in [0.15, 0.2) is 30.3 Å². The summed E-state index contributed by atoms with van der Waals surface area (Å²) in [5.74, 6) is 0. The van der Waals surface area contributed by atoms with Crippen LogP contribution < -0.4 is 10.9 Å². The van der Waals surface area contributed by atoms with Gasteiger partial charge in [0.1, 0.15) is 0 Å². The molecule has 0 spiro atoms. The lowest BCUT2D eigenvalue weighted by atomic mass is 10.3. The smallest absolute Gasteiger partial charge is 0.0901 e. The number of nitrogens with one attached hydrogen (secondary N) is 1. The molecule has 0 fully saturated rings. The molecule has 0 aliphatic carbocycles. The minimum atomic E-state index is -0.208. The molecule has 2 nitrogen and oxygen atoms in total. The highest BCUT2D eigenvalue weighted by molar-refractivity contribution is 5.85. The number of rotatable bonds is 2. The number of hydrazine groups is 1. The summed E-state index contributed by atoms with van der Waals surface area (Å²) < 4.78 is 23.6. The lowest BCUT2D eigenvalue weighted by Crippen LogP contribution is -2.21. The summed E-state index contributed by atoms with van der Waals surface area (Å²) in [6.07, 6.45) is 0. The predicted molar refractivity (Wildman–Crippen MR) is 41.5 cm³/mol. The number of para-hydroxylation sites is 1. The summed E-state index contributed by atoms with van der Waals surface area (Å²) in [5.41, 5.74) is 0.978. The zero-order valence-corrected chi connectivity index (χ0v) is 6.31. The average molecular weight is 181 g/mol. The summed E-state index contributed by atoms with van der Waals surface area (Å²) in [6, 6.07) is 7.81. The fourth-order valence-corrected chi connectivity index (χ4v) is 0.608. The van der Waals surface area contributed by atoms with E-state index in [0.29, 0.717) is 0 Å². The van der Waals surface area contributed by atoms with Gasteiger partial charge in [-0.05, 0) is 17.8 Å². The monoisotopic (exact) mass is 180 g/mol. The van der Waals surface area contributed by atoms with Crippen molar-refractivity contribution in [2.45, 2.75) is 0 Å². The van der Waals surface area contributed by atoms with E-state index < -0.39 is 0 Å². The molecule has 1 aromatic rings. The van der Waals surface area contributed by atoms with E-state index in [1.165, 1.54) is 12.1 Å². The lowest BCUT2D eigenvalue weighted by Gasteiger charge is -2.06. The van der Waals surface area contributed by atoms with Crippen molar-refractivity contribution in [1.82, 2.24) is 5.65 Å². The van der Waals surface area contributed by atoms with Gasteiger partial charge in [-0.3, -0.25) is 0 Å². The second kappa shape index (κ2) is 4.87. The van der Waals surface area contributed by atoms with Gasteiger partial charge in [0.2, 0.25) is 0 Å². The average Bonchev–Trinajstić information content (AvgIpc) is 2.05. The summed E-state index contributed by atoms with van der Waals surface area (Å²) in [7, 11) is 0. The molecule has 5 heteroatoms. The van der Waals surface area contributed by atoms with Crippen LogP contribution in [0.2, 0.25) is 0 Å². The number of nitrogens with zero attached hydrogens (tertiary/aromatic N) is 1. The summed E-state index contributed by atoms with van der Waals surface area (Å²) in [5, 5.41) is -0.208. The highest BCUT2D eigenvalue weighted by Gasteiger charge is 1.99. The van der Waals surface area contributed by atoms with Crippen LogP contribution in [-0.2, 0) is 0 Å². The molecule has 0 saturated heterocycles. The van der Waals surface area contributed by atoms with Crippen molar-refractivity contribution in [3.05, 3.63) is 30.3 Å². The van der Waals surface area contributed by atoms with Crippen molar-refractivity contribution < 1.29 is 8.96 Å². The van der Waals surface area contributed by atoms with E-state index in [0.717, 1.165) is 5.65 Å². The number of halogens is 3. The highest BCUT2D eigenvalue weighted by Crippen LogP contribution is 2.10. The Balaban J connectivity index is 0.000001000. The molecule has 0 atom stereocenters. The van der Waals surface area contributed by atoms with E-state index >= 15 is 0 Å². The SMILES string of the molecule is Cl.FNN(F)c1ccccc1. The topological polar surface area (TPSA) is 15.3 Å². The molecular weight excluding hydrogens is 174 g/mol. The van der Waals surface area contributed by atoms with Crippen LogP contribution in [0.5, 0.6) is 0 Å². The third-order valence-electron chi connectivity index (χ3n) is 1.06. The van der Waals surface area contributed by atoms with Gasteiger partial charge < -0.3 is 0 Å². The Morgan fingerprint density at radius 2 is 1.73 bits per heavy atom. The minimum absolute atomic E-state index is 0. The molecule has 0 radical (unpaired) electrons. The lowest BCUT2D eigenvalue weighted by molar-refractivity contribution is 0.215. The fraction of sp³-hybridized carbons (Fsp3) is 0. The molecule has 1 aromatic carbocycles. The normalized spacial score (nSPS) is 8.55. The van der Waals surface area contributed by atoms with E-state index in [-0.39, 0.29) is 23.3 Å². The van der Waals surface area contributed by atoms with Gasteiger partial charge in [0, 0.05) is 0 Å². The summed E-state index contributed by atoms with van der Waals surface area (Å²) >= 11 is 0. The summed E-state index contributed by atoms with van der Waals surface area (Å²) in [4.78, 5) is 0. The molecule has 0 heterocycles. The van der Waals surface area contributed by atoms with E-state index in [1.54, 1.807) is 18.2 Å². The first-order valence-electron chi connectivity index (χ1n) is 2.72. The second-order valence-corrected chi connectivity index (χ2v) is 1.70. The van der Waals surface area contributed by atoms with Crippen molar-refractivity contribution in [2.24, 2.45) is 0 Å². The van der Waals surface area contributed by atoms with Gasteiger partial charge in [-0.2, -0.15) is 0 Å². The molecular formula is C6H7ClF2N2. The van der Waals surface area contributed by atoms with Crippen LogP contribution in [0.25, 0.3) is 0 Å². The molecule has 0 aromatic heterocycles. The molecule has 11 heavy (non-hydrogen) atoms. The first kappa shape index (κ1) is 10.1. The van der Waals surface area contributed by atoms with E-state index in [2.05, 4.69) is 0 Å². The molecule has 0 saturated carbocycles. The van der Waals surface area contributed by atoms with Gasteiger partial charge in [-0.15, -0.1) is 22.1 Å². The molecule has 1 rings (SSSR count). The second-order valence-electron chi connectivity index (χ2n) is 1.70. The Labute approximate surface area is 69.1 Å². The molecule has 1 N–H and O–H groups in total. The quantitative estimate of drug-likeness (QED) is 0.555. The summed E-state index contributed by atoms with van der Waals surface area (Å²) in [6.45, 7) is 0. The van der Waals surface area contributed by atoms with Crippen LogP contribution in [0.4, 0.5) is 14.6 Å². The van der Waals surface area contributed by atoms with Crippen LogP contribution in [0.1, 0.15) is 0 Å². The van der Waals surface area contributed by atoms with Crippen molar-refractivity contribution in [1.29, 1.82) is 0 Å². The van der Waals surface area contributed by atoms with Crippen molar-refractivity contribution >= 4 is 18.1 Å². The maximum atomic E-state index is 12.2. The highest BCUT2D eigenvalue weighted by atomic mass is 35.5. The first-order chi connectivity index (χ1) is 4.84. The molecule has 0 unspecified atom stereocenters. The minimum Gasteiger partial charge on any atom is -0.147 e. The Morgan fingerprint density at radius 3 is 2.18 bits per heavy atom. The van der Waals surface area contributed by atoms with Crippen molar-refractivity contribution in [3.8, 4) is 0 Å². The largest absolute Gasteiger partial charge is 0.147 e. The Hall–Kier alpha value is -0.870. The van der Waals surface area contributed by atoms with E-state index in [9.17, 15) is 8.96 Å². The van der Waals surface area contributed by atoms with Crippen molar-refractivity contribution in [3.63, 3.8) is 0 Å².